The van der Waals surface area contributed by atoms with Crippen LogP contribution in [0.5, 0.6) is 5.88 Å². The molecular weight excluding hydrogens is 390 g/mol. The molecule has 2 aromatic carbocycles. The molecule has 2 aliphatic rings. The van der Waals surface area contributed by atoms with Gasteiger partial charge in [-0.25, -0.2) is 4.98 Å². The van der Waals surface area contributed by atoms with Crippen molar-refractivity contribution in [1.29, 1.82) is 0 Å². The molecule has 3 heterocycles. The first-order chi connectivity index (χ1) is 15.0. The third kappa shape index (κ3) is 3.47. The Morgan fingerprint density at radius 2 is 1.68 bits per heavy atom. The van der Waals surface area contributed by atoms with Gasteiger partial charge in [0.25, 0.3) is 11.8 Å². The SMILES string of the molecule is Cc1ccc(C)c2nc3c(cc12)CN(CCCN1C(=O)c2ccccc2C1=O)CCO3. The molecule has 0 atom stereocenters. The summed E-state index contributed by atoms with van der Waals surface area (Å²) in [5, 5.41) is 1.16. The molecule has 1 aromatic heterocycles. The maximum atomic E-state index is 12.6. The average Bonchev–Trinajstić information content (AvgIpc) is 2.91. The maximum Gasteiger partial charge on any atom is 0.261 e. The number of hydrogen-bond donors (Lipinski definition) is 0. The summed E-state index contributed by atoms with van der Waals surface area (Å²) in [5.41, 5.74) is 5.45. The second kappa shape index (κ2) is 7.78. The van der Waals surface area contributed by atoms with Crippen LogP contribution in [-0.4, -0.2) is 52.8 Å². The molecule has 6 heteroatoms. The predicted molar refractivity (Wildman–Crippen MR) is 118 cm³/mol. The molecule has 31 heavy (non-hydrogen) atoms. The first-order valence-electron chi connectivity index (χ1n) is 10.7. The molecule has 2 amide bonds. The van der Waals surface area contributed by atoms with Crippen molar-refractivity contribution in [3.05, 3.63) is 70.3 Å². The Morgan fingerprint density at radius 1 is 0.968 bits per heavy atom. The van der Waals surface area contributed by atoms with Crippen LogP contribution in [0.4, 0.5) is 0 Å². The second-order valence-corrected chi connectivity index (χ2v) is 8.33. The van der Waals surface area contributed by atoms with Crippen LogP contribution >= 0.6 is 0 Å². The molecule has 2 aliphatic heterocycles. The number of pyridine rings is 1. The summed E-state index contributed by atoms with van der Waals surface area (Å²) in [6, 6.07) is 13.5. The third-order valence-corrected chi connectivity index (χ3v) is 6.22. The smallest absolute Gasteiger partial charge is 0.261 e. The van der Waals surface area contributed by atoms with Crippen molar-refractivity contribution >= 4 is 22.7 Å². The highest BCUT2D eigenvalue weighted by Gasteiger charge is 2.34. The summed E-state index contributed by atoms with van der Waals surface area (Å²) in [6.07, 6.45) is 0.722. The van der Waals surface area contributed by atoms with Crippen molar-refractivity contribution < 1.29 is 14.3 Å². The quantitative estimate of drug-likeness (QED) is 0.608. The van der Waals surface area contributed by atoms with E-state index in [4.69, 9.17) is 9.72 Å². The van der Waals surface area contributed by atoms with E-state index in [9.17, 15) is 9.59 Å². The van der Waals surface area contributed by atoms with Gasteiger partial charge in [0.2, 0.25) is 5.88 Å². The largest absolute Gasteiger partial charge is 0.476 e. The number of hydrogen-bond acceptors (Lipinski definition) is 5. The average molecular weight is 415 g/mol. The zero-order valence-corrected chi connectivity index (χ0v) is 17.9. The molecule has 0 fully saturated rings. The van der Waals surface area contributed by atoms with E-state index in [-0.39, 0.29) is 11.8 Å². The predicted octanol–water partition coefficient (Wildman–Crippen LogP) is 3.73. The lowest BCUT2D eigenvalue weighted by Crippen LogP contribution is -2.34. The van der Waals surface area contributed by atoms with Crippen LogP contribution in [0.15, 0.2) is 42.5 Å². The van der Waals surface area contributed by atoms with Crippen molar-refractivity contribution in [2.45, 2.75) is 26.8 Å². The van der Waals surface area contributed by atoms with Gasteiger partial charge < -0.3 is 4.74 Å². The van der Waals surface area contributed by atoms with Gasteiger partial charge in [-0.15, -0.1) is 0 Å². The van der Waals surface area contributed by atoms with Crippen LogP contribution in [0.3, 0.4) is 0 Å². The van der Waals surface area contributed by atoms with E-state index >= 15 is 0 Å². The highest BCUT2D eigenvalue weighted by atomic mass is 16.5. The van der Waals surface area contributed by atoms with Gasteiger partial charge in [-0.2, -0.15) is 0 Å². The number of fused-ring (bicyclic) bond motifs is 3. The third-order valence-electron chi connectivity index (χ3n) is 6.22. The fourth-order valence-corrected chi connectivity index (χ4v) is 4.47. The second-order valence-electron chi connectivity index (χ2n) is 8.33. The van der Waals surface area contributed by atoms with Crippen molar-refractivity contribution in [3.63, 3.8) is 0 Å². The molecular formula is C25H25N3O3. The number of benzene rings is 2. The van der Waals surface area contributed by atoms with Gasteiger partial charge >= 0.3 is 0 Å². The Bertz CT molecular complexity index is 1170. The lowest BCUT2D eigenvalue weighted by Gasteiger charge is -2.21. The summed E-state index contributed by atoms with van der Waals surface area (Å²) in [5.74, 6) is 0.336. The van der Waals surface area contributed by atoms with Gasteiger partial charge in [0.15, 0.2) is 0 Å². The molecule has 3 aromatic rings. The van der Waals surface area contributed by atoms with Gasteiger partial charge in [-0.1, -0.05) is 24.3 Å². The lowest BCUT2D eigenvalue weighted by atomic mass is 10.0. The van der Waals surface area contributed by atoms with E-state index in [1.807, 2.05) is 0 Å². The molecule has 0 radical (unpaired) electrons. The van der Waals surface area contributed by atoms with Gasteiger partial charge in [-0.05, 0) is 49.6 Å². The monoisotopic (exact) mass is 415 g/mol. The Hall–Kier alpha value is -3.25. The lowest BCUT2D eigenvalue weighted by molar-refractivity contribution is 0.0646. The topological polar surface area (TPSA) is 62.7 Å². The van der Waals surface area contributed by atoms with Crippen LogP contribution in [0.25, 0.3) is 10.9 Å². The fourth-order valence-electron chi connectivity index (χ4n) is 4.47. The van der Waals surface area contributed by atoms with Crippen LogP contribution in [-0.2, 0) is 6.54 Å². The molecule has 5 rings (SSSR count). The number of carbonyl (C=O) groups excluding carboxylic acids is 2. The summed E-state index contributed by atoms with van der Waals surface area (Å²) >= 11 is 0. The van der Waals surface area contributed by atoms with E-state index in [1.165, 1.54) is 10.5 Å². The van der Waals surface area contributed by atoms with Gasteiger partial charge in [0, 0.05) is 37.1 Å². The molecule has 6 nitrogen and oxygen atoms in total. The minimum atomic E-state index is -0.188. The Labute approximate surface area is 181 Å². The van der Waals surface area contributed by atoms with E-state index in [1.54, 1.807) is 24.3 Å². The van der Waals surface area contributed by atoms with Crippen LogP contribution in [0, 0.1) is 13.8 Å². The first kappa shape index (κ1) is 19.7. The first-order valence-corrected chi connectivity index (χ1v) is 10.7. The summed E-state index contributed by atoms with van der Waals surface area (Å²) in [4.78, 5) is 33.6. The summed E-state index contributed by atoms with van der Waals surface area (Å²) in [7, 11) is 0. The number of aryl methyl sites for hydroxylation is 2. The molecule has 0 saturated carbocycles. The Kier molecular flexibility index (Phi) is 4.94. The number of amides is 2. The standard InChI is InChI=1S/C25H25N3O3/c1-16-8-9-17(2)22-21(16)14-18-15-27(12-13-31-23(18)26-22)10-5-11-28-24(29)19-6-3-4-7-20(19)25(28)30/h3-4,6-9,14H,5,10-13,15H2,1-2H3. The van der Waals surface area contributed by atoms with Crippen LogP contribution < -0.4 is 4.74 Å². The van der Waals surface area contributed by atoms with Gasteiger partial charge in [0.05, 0.1) is 16.6 Å². The molecule has 0 unspecified atom stereocenters. The number of ether oxygens (including phenoxy) is 1. The van der Waals surface area contributed by atoms with E-state index in [2.05, 4.69) is 36.9 Å². The highest BCUT2D eigenvalue weighted by Crippen LogP contribution is 2.29. The number of carbonyl (C=O) groups is 2. The normalized spacial score (nSPS) is 16.3. The van der Waals surface area contributed by atoms with Crippen molar-refractivity contribution in [2.75, 3.05) is 26.2 Å². The van der Waals surface area contributed by atoms with Crippen molar-refractivity contribution in [1.82, 2.24) is 14.8 Å². The fraction of sp³-hybridized carbons (Fsp3) is 0.320. The molecule has 0 saturated heterocycles. The maximum absolute atomic E-state index is 12.6. The van der Waals surface area contributed by atoms with Gasteiger partial charge in [0.1, 0.15) is 6.61 Å². The van der Waals surface area contributed by atoms with Crippen molar-refractivity contribution in [2.24, 2.45) is 0 Å². The highest BCUT2D eigenvalue weighted by molar-refractivity contribution is 6.21. The van der Waals surface area contributed by atoms with E-state index in [0.717, 1.165) is 48.1 Å². The summed E-state index contributed by atoms with van der Waals surface area (Å²) < 4.78 is 5.97. The minimum absolute atomic E-state index is 0.188. The molecule has 0 bridgehead atoms. The van der Waals surface area contributed by atoms with Crippen molar-refractivity contribution in [3.8, 4) is 5.88 Å². The molecule has 158 valence electrons. The van der Waals surface area contributed by atoms with Gasteiger partial charge in [-0.3, -0.25) is 19.4 Å². The van der Waals surface area contributed by atoms with E-state index in [0.29, 0.717) is 30.2 Å². The number of nitrogens with zero attached hydrogens (tertiary/aromatic N) is 3. The van der Waals surface area contributed by atoms with Crippen LogP contribution in [0.1, 0.15) is 43.8 Å². The van der Waals surface area contributed by atoms with E-state index < -0.39 is 0 Å². The number of rotatable bonds is 4. The molecule has 0 spiro atoms. The Balaban J connectivity index is 1.28. The number of aromatic nitrogens is 1. The minimum Gasteiger partial charge on any atom is -0.476 e. The zero-order valence-electron chi connectivity index (χ0n) is 17.9. The molecule has 0 aliphatic carbocycles. The molecule has 0 N–H and O–H groups in total. The zero-order chi connectivity index (χ0) is 21.5. The van der Waals surface area contributed by atoms with Crippen LogP contribution in [0.2, 0.25) is 0 Å². The number of imide groups is 1. The Morgan fingerprint density at radius 3 is 2.42 bits per heavy atom. The summed E-state index contributed by atoms with van der Waals surface area (Å²) in [6.45, 7) is 7.48.